The van der Waals surface area contributed by atoms with Gasteiger partial charge in [0, 0.05) is 90.2 Å². The predicted molar refractivity (Wildman–Crippen MR) is 389 cm³/mol. The minimum atomic E-state index is -0.905. The van der Waals surface area contributed by atoms with Gasteiger partial charge in [-0.15, -0.1) is 0 Å². The van der Waals surface area contributed by atoms with Gasteiger partial charge in [0.05, 0.1) is 58.8 Å². The maximum atomic E-state index is 14.2. The van der Waals surface area contributed by atoms with Crippen molar-refractivity contribution < 1.29 is 58.5 Å². The van der Waals surface area contributed by atoms with Crippen LogP contribution in [0, 0.1) is 58.2 Å². The molecule has 6 saturated carbocycles. The zero-order valence-corrected chi connectivity index (χ0v) is 60.7. The zero-order valence-electron chi connectivity index (χ0n) is 60.7. The fraction of sp³-hybridized carbons (Fsp3) is 0.506. The molecule has 2 heterocycles. The first-order chi connectivity index (χ1) is 48.4. The summed E-state index contributed by atoms with van der Waals surface area (Å²) in [5.41, 5.74) is 17.9. The number of nitrogens with zero attached hydrogens (tertiary/aromatic N) is 3. The van der Waals surface area contributed by atoms with Crippen molar-refractivity contribution >= 4 is 29.3 Å². The molecule has 542 valence electrons. The van der Waals surface area contributed by atoms with Crippen LogP contribution in [0.1, 0.15) is 124 Å². The van der Waals surface area contributed by atoms with E-state index in [0.29, 0.717) is 70.1 Å². The Morgan fingerprint density at radius 3 is 1.59 bits per heavy atom. The molecular weight excluding hydrogens is 1280 g/mol. The van der Waals surface area contributed by atoms with E-state index in [2.05, 4.69) is 63.0 Å². The van der Waals surface area contributed by atoms with Gasteiger partial charge in [-0.3, -0.25) is 33.7 Å². The summed E-state index contributed by atoms with van der Waals surface area (Å²) < 4.78 is 12.0. The quantitative estimate of drug-likeness (QED) is 0.0248. The number of rotatable bonds is 25. The van der Waals surface area contributed by atoms with Crippen molar-refractivity contribution in [3.63, 3.8) is 0 Å². The molecule has 20 nitrogen and oxygen atoms in total. The van der Waals surface area contributed by atoms with Gasteiger partial charge in [-0.2, -0.15) is 10.1 Å². The molecule has 0 radical (unpaired) electrons. The van der Waals surface area contributed by atoms with Crippen LogP contribution in [0.2, 0.25) is 0 Å². The lowest BCUT2D eigenvalue weighted by Crippen LogP contribution is -2.62. The molecule has 4 amide bonds. The Balaban J connectivity index is 0.000000204. The highest BCUT2D eigenvalue weighted by Gasteiger charge is 2.59. The number of anilines is 1. The number of hydrogen-bond acceptors (Lipinski definition) is 16. The molecule has 0 spiro atoms. The van der Waals surface area contributed by atoms with Gasteiger partial charge in [0.2, 0.25) is 11.8 Å². The molecule has 8 aliphatic rings. The average molecular weight is 1380 g/mol. The van der Waals surface area contributed by atoms with E-state index >= 15 is 0 Å². The number of hydroxylamine groups is 5. The summed E-state index contributed by atoms with van der Waals surface area (Å²) in [5.74, 6) is 2.16. The molecule has 6 aliphatic carbocycles. The lowest BCUT2D eigenvalue weighted by Gasteiger charge is -2.62. The number of methoxy groups -OCH3 is 2. The van der Waals surface area contributed by atoms with Gasteiger partial charge in [-0.1, -0.05) is 151 Å². The van der Waals surface area contributed by atoms with E-state index in [-0.39, 0.29) is 74.0 Å². The molecule has 9 N–H and O–H groups in total. The Kier molecular flexibility index (Phi) is 23.5. The van der Waals surface area contributed by atoms with Crippen molar-refractivity contribution in [1.29, 1.82) is 0 Å². The normalized spacial score (nSPS) is 27.4. The summed E-state index contributed by atoms with van der Waals surface area (Å²) in [7, 11) is 7.02. The first-order valence-corrected chi connectivity index (χ1v) is 36.0. The van der Waals surface area contributed by atoms with Crippen molar-refractivity contribution in [2.45, 2.75) is 156 Å². The molecule has 2 saturated heterocycles. The van der Waals surface area contributed by atoms with Crippen molar-refractivity contribution in [3.8, 4) is 33.8 Å². The highest BCUT2D eigenvalue weighted by Crippen LogP contribution is 2.62. The second-order valence-corrected chi connectivity index (χ2v) is 30.5. The number of para-hydroxylation sites is 2. The van der Waals surface area contributed by atoms with Crippen molar-refractivity contribution in [1.82, 2.24) is 31.6 Å². The molecule has 6 aromatic carbocycles. The number of aliphatic hydroxyl groups is 3. The molecule has 2 aliphatic heterocycles. The van der Waals surface area contributed by atoms with E-state index in [4.69, 9.17) is 29.7 Å². The number of fused-ring (bicyclic) bond motifs is 4. The van der Waals surface area contributed by atoms with Gasteiger partial charge < -0.3 is 51.4 Å². The molecule has 0 aromatic heterocycles. The predicted octanol–water partition coefficient (Wildman–Crippen LogP) is 9.91. The van der Waals surface area contributed by atoms with Crippen LogP contribution < -0.4 is 41.5 Å². The van der Waals surface area contributed by atoms with E-state index in [9.17, 15) is 34.5 Å². The van der Waals surface area contributed by atoms with E-state index in [1.165, 1.54) is 18.4 Å². The molecule has 101 heavy (non-hydrogen) atoms. The van der Waals surface area contributed by atoms with Crippen LogP contribution >= 0.6 is 0 Å². The van der Waals surface area contributed by atoms with Crippen molar-refractivity contribution in [2.75, 3.05) is 52.9 Å². The van der Waals surface area contributed by atoms with Crippen molar-refractivity contribution in [2.24, 2.45) is 63.9 Å². The SMILES string of the molecule is COc1c(CN2O[C@@H](CN)[C@@H]([C@H](C)O)[C@H]2C(=O)N[C@H]2C[C@H]3C[C@@H]([C@@H]2C)C3(C)C)cccc1-c1cccc(C(=O)NCCc2ccccc2)c1.COc1c(CN2O[C@@H](CO)[C@H]([C@H](C)O)[C@H]2C(=O)N[C@H]2C[C@H]3C[C@@H]([C@@H]2C)C3(C)C)cccc1-c1cc(C(=O)NOCc2ccccc2)cc(N(C)C)c1. The summed E-state index contributed by atoms with van der Waals surface area (Å²) in [5, 5.41) is 45.2. The third-order valence-electron chi connectivity index (χ3n) is 23.7. The Morgan fingerprint density at radius 1 is 0.614 bits per heavy atom. The number of hydrogen-bond donors (Lipinski definition) is 8. The molecular formula is C81H106N8O12. The fourth-order valence-electron chi connectivity index (χ4n) is 17.6. The Bertz CT molecular complexity index is 3850. The van der Waals surface area contributed by atoms with Gasteiger partial charge in [0.15, 0.2) is 0 Å². The fourth-order valence-corrected chi connectivity index (χ4v) is 17.6. The summed E-state index contributed by atoms with van der Waals surface area (Å²) in [6.07, 6.45) is 2.07. The molecule has 8 fully saturated rings. The Hall–Kier alpha value is -7.76. The zero-order chi connectivity index (χ0) is 72.2. The standard InChI is InChI=1S/C41H54N4O7.C40H52N4O5/c1-24-33-19-30(41(33,3)4)20-34(24)42-40(49)37-36(25(2)47)35(22-46)52-45(37)21-27-14-11-15-32(38(27)50-7)28-16-29(18-31(17-28)44(5)6)39(48)43-51-23-26-12-9-8-10-13-26;1-24-32-20-30(40(32,3)4)21-33(24)43-39(47)36-35(25(2)45)34(22-41)49-44(36)23-29-15-10-16-31(37(29)48-5)27-13-9-14-28(19-27)38(46)42-18-17-26-11-7-6-8-12-26/h8-18,24-25,30,33-37,46-47H,19-23H2,1-7H3,(H,42,49)(H,43,48);6-16,19,24-25,30,32-36,45H,17-18,20-23,41H2,1-5H3,(H,42,46)(H,43,47)/t24-,25-,30+,33-,34-,35-,36-,37-;24-,25-,30+,32-,33-,34-,35+,36-/m00/s1. The number of carbonyl (C=O) groups is 4. The smallest absolute Gasteiger partial charge is 0.274 e. The van der Waals surface area contributed by atoms with Crippen molar-refractivity contribution in [3.05, 3.63) is 173 Å². The number of carbonyl (C=O) groups excluding carboxylic acids is 4. The summed E-state index contributed by atoms with van der Waals surface area (Å²) in [6, 6.07) is 42.9. The lowest BCUT2D eigenvalue weighted by atomic mass is 9.45. The van der Waals surface area contributed by atoms with Crippen LogP contribution in [0.25, 0.3) is 22.3 Å². The first-order valence-electron chi connectivity index (χ1n) is 36.0. The maximum Gasteiger partial charge on any atom is 0.274 e. The average Bonchev–Trinajstić information content (AvgIpc) is 0.963. The minimum absolute atomic E-state index is 0.0333. The van der Waals surface area contributed by atoms with Crippen LogP contribution in [-0.4, -0.2) is 146 Å². The summed E-state index contributed by atoms with van der Waals surface area (Å²) in [4.78, 5) is 74.8. The molecule has 6 aromatic rings. The molecule has 16 atom stereocenters. The number of aliphatic hydroxyl groups excluding tert-OH is 3. The Labute approximate surface area is 595 Å². The molecule has 4 bridgehead atoms. The number of nitrogens with one attached hydrogen (secondary N) is 4. The minimum Gasteiger partial charge on any atom is -0.496 e. The van der Waals surface area contributed by atoms with Gasteiger partial charge in [-0.25, -0.2) is 5.48 Å². The monoisotopic (exact) mass is 1380 g/mol. The van der Waals surface area contributed by atoms with Crippen LogP contribution in [0.5, 0.6) is 11.5 Å². The van der Waals surface area contributed by atoms with E-state index in [1.54, 1.807) is 56.4 Å². The highest BCUT2D eigenvalue weighted by atomic mass is 16.7. The number of amides is 4. The molecule has 0 unspecified atom stereocenters. The van der Waals surface area contributed by atoms with Gasteiger partial charge >= 0.3 is 0 Å². The lowest BCUT2D eigenvalue weighted by molar-refractivity contribution is -0.183. The van der Waals surface area contributed by atoms with Crippen LogP contribution in [0.15, 0.2) is 140 Å². The third kappa shape index (κ3) is 15.8. The topological polar surface area (TPSA) is 259 Å². The third-order valence-corrected chi connectivity index (χ3v) is 23.7. The highest BCUT2D eigenvalue weighted by molar-refractivity contribution is 5.97. The molecule has 14 rings (SSSR count). The number of nitrogens with two attached hydrogens (primary N) is 1. The Morgan fingerprint density at radius 2 is 1.11 bits per heavy atom. The van der Waals surface area contributed by atoms with Gasteiger partial charge in [0.1, 0.15) is 29.7 Å². The summed E-state index contributed by atoms with van der Waals surface area (Å²) in [6.45, 7) is 18.2. The van der Waals surface area contributed by atoms with E-state index in [1.807, 2.05) is 140 Å². The van der Waals surface area contributed by atoms with Crippen LogP contribution in [0.4, 0.5) is 5.69 Å². The second kappa shape index (κ2) is 31.9. The number of benzene rings is 6. The van der Waals surface area contributed by atoms with Gasteiger partial charge in [0.25, 0.3) is 11.8 Å². The van der Waals surface area contributed by atoms with E-state index < -0.39 is 48.3 Å². The first kappa shape index (κ1) is 74.4. The van der Waals surface area contributed by atoms with Crippen LogP contribution in [0.3, 0.4) is 0 Å². The van der Waals surface area contributed by atoms with E-state index in [0.717, 1.165) is 63.9 Å². The second-order valence-electron chi connectivity index (χ2n) is 30.5. The maximum absolute atomic E-state index is 14.2. The molecule has 20 heteroatoms. The van der Waals surface area contributed by atoms with Gasteiger partial charge in [-0.05, 0) is 145 Å². The largest absolute Gasteiger partial charge is 0.496 e. The van der Waals surface area contributed by atoms with Crippen LogP contribution in [-0.2, 0) is 50.2 Å². The number of ether oxygens (including phenoxy) is 2. The summed E-state index contributed by atoms with van der Waals surface area (Å²) >= 11 is 0.